The van der Waals surface area contributed by atoms with Crippen LogP contribution in [0.5, 0.6) is 0 Å². The molecule has 0 aliphatic carbocycles. The van der Waals surface area contributed by atoms with Crippen LogP contribution in [0.3, 0.4) is 0 Å². The van der Waals surface area contributed by atoms with E-state index in [0.717, 1.165) is 5.56 Å². The smallest absolute Gasteiger partial charge is 0.147 e. The van der Waals surface area contributed by atoms with Gasteiger partial charge >= 0.3 is 0 Å². The van der Waals surface area contributed by atoms with Gasteiger partial charge in [0.2, 0.25) is 0 Å². The summed E-state index contributed by atoms with van der Waals surface area (Å²) in [7, 11) is 1.51. The molecular formula is C8H10FNO. The van der Waals surface area contributed by atoms with Crippen LogP contribution in [0.15, 0.2) is 12.3 Å². The third-order valence-corrected chi connectivity index (χ3v) is 1.34. The molecule has 0 saturated carbocycles. The molecule has 3 heteroatoms. The number of aromatic nitrogens is 1. The molecule has 0 saturated heterocycles. The second-order valence-electron chi connectivity index (χ2n) is 2.37. The maximum Gasteiger partial charge on any atom is 0.147 e. The van der Waals surface area contributed by atoms with Gasteiger partial charge in [-0.1, -0.05) is 0 Å². The van der Waals surface area contributed by atoms with Gasteiger partial charge < -0.3 is 4.74 Å². The van der Waals surface area contributed by atoms with E-state index in [0.29, 0.717) is 5.69 Å². The molecule has 1 rings (SSSR count). The van der Waals surface area contributed by atoms with Crippen molar-refractivity contribution >= 4 is 0 Å². The van der Waals surface area contributed by atoms with E-state index in [1.807, 2.05) is 0 Å². The predicted octanol–water partition coefficient (Wildman–Crippen LogP) is 1.68. The standard InChI is InChI=1S/C8H10FNO/c1-6-3-7(9)8(5-11-2)10-4-6/h3-4H,5H2,1-2H3. The number of aryl methyl sites for hydroxylation is 1. The van der Waals surface area contributed by atoms with Crippen molar-refractivity contribution in [2.24, 2.45) is 0 Å². The first kappa shape index (κ1) is 8.14. The topological polar surface area (TPSA) is 22.1 Å². The lowest BCUT2D eigenvalue weighted by Gasteiger charge is -2.00. The quantitative estimate of drug-likeness (QED) is 0.648. The Labute approximate surface area is 65.0 Å². The fraction of sp³-hybridized carbons (Fsp3) is 0.375. The molecule has 0 radical (unpaired) electrons. The van der Waals surface area contributed by atoms with Crippen LogP contribution >= 0.6 is 0 Å². The van der Waals surface area contributed by atoms with E-state index in [-0.39, 0.29) is 12.4 Å². The number of halogens is 1. The van der Waals surface area contributed by atoms with Crippen molar-refractivity contribution < 1.29 is 9.13 Å². The zero-order chi connectivity index (χ0) is 8.27. The van der Waals surface area contributed by atoms with E-state index in [9.17, 15) is 4.39 Å². The number of methoxy groups -OCH3 is 1. The highest BCUT2D eigenvalue weighted by Gasteiger charge is 2.01. The predicted molar refractivity (Wildman–Crippen MR) is 39.6 cm³/mol. The summed E-state index contributed by atoms with van der Waals surface area (Å²) in [4.78, 5) is 3.87. The van der Waals surface area contributed by atoms with Crippen LogP contribution in [0.25, 0.3) is 0 Å². The third-order valence-electron chi connectivity index (χ3n) is 1.34. The lowest BCUT2D eigenvalue weighted by Crippen LogP contribution is -1.96. The molecule has 1 heterocycles. The van der Waals surface area contributed by atoms with Crippen molar-refractivity contribution in [3.05, 3.63) is 29.3 Å². The maximum atomic E-state index is 12.9. The second-order valence-corrected chi connectivity index (χ2v) is 2.37. The highest BCUT2D eigenvalue weighted by Crippen LogP contribution is 2.06. The Balaban J connectivity index is 2.90. The molecule has 1 aromatic heterocycles. The Morgan fingerprint density at radius 1 is 1.64 bits per heavy atom. The SMILES string of the molecule is COCc1ncc(C)cc1F. The average Bonchev–Trinajstić information content (AvgIpc) is 1.95. The summed E-state index contributed by atoms with van der Waals surface area (Å²) in [6.07, 6.45) is 1.62. The van der Waals surface area contributed by atoms with Crippen LogP contribution in [0, 0.1) is 12.7 Å². The maximum absolute atomic E-state index is 12.9. The molecule has 60 valence electrons. The van der Waals surface area contributed by atoms with Crippen LogP contribution in [0.4, 0.5) is 4.39 Å². The summed E-state index contributed by atoms with van der Waals surface area (Å²) in [6, 6.07) is 1.45. The van der Waals surface area contributed by atoms with Gasteiger partial charge in [0, 0.05) is 13.3 Å². The lowest BCUT2D eigenvalue weighted by atomic mass is 10.3. The van der Waals surface area contributed by atoms with Crippen LogP contribution in [0.1, 0.15) is 11.3 Å². The molecule has 2 nitrogen and oxygen atoms in total. The number of rotatable bonds is 2. The van der Waals surface area contributed by atoms with Gasteiger partial charge in [-0.25, -0.2) is 4.39 Å². The number of pyridine rings is 1. The van der Waals surface area contributed by atoms with Crippen molar-refractivity contribution in [3.8, 4) is 0 Å². The lowest BCUT2D eigenvalue weighted by molar-refractivity contribution is 0.177. The van der Waals surface area contributed by atoms with Crippen molar-refractivity contribution in [1.29, 1.82) is 0 Å². The number of hydrogen-bond donors (Lipinski definition) is 0. The molecule has 0 bridgehead atoms. The van der Waals surface area contributed by atoms with Gasteiger partial charge in [-0.05, 0) is 18.6 Å². The zero-order valence-corrected chi connectivity index (χ0v) is 6.60. The zero-order valence-electron chi connectivity index (χ0n) is 6.60. The molecule has 0 atom stereocenters. The summed E-state index contributed by atoms with van der Waals surface area (Å²) in [5.74, 6) is -0.299. The molecule has 1 aromatic rings. The molecule has 0 fully saturated rings. The van der Waals surface area contributed by atoms with Gasteiger partial charge in [0.1, 0.15) is 11.5 Å². The first-order chi connectivity index (χ1) is 5.24. The third kappa shape index (κ3) is 1.98. The summed E-state index contributed by atoms with van der Waals surface area (Å²) in [5.41, 5.74) is 1.18. The Hall–Kier alpha value is -0.960. The normalized spacial score (nSPS) is 10.1. The molecule has 0 aromatic carbocycles. The van der Waals surface area contributed by atoms with Gasteiger partial charge in [0.25, 0.3) is 0 Å². The first-order valence-electron chi connectivity index (χ1n) is 3.34. The largest absolute Gasteiger partial charge is 0.378 e. The van der Waals surface area contributed by atoms with Gasteiger partial charge in [0.05, 0.1) is 6.61 Å². The van der Waals surface area contributed by atoms with Crippen LogP contribution in [-0.2, 0) is 11.3 Å². The molecule has 0 N–H and O–H groups in total. The second kappa shape index (κ2) is 3.44. The van der Waals surface area contributed by atoms with E-state index >= 15 is 0 Å². The Kier molecular flexibility index (Phi) is 2.54. The molecule has 11 heavy (non-hydrogen) atoms. The fourth-order valence-corrected chi connectivity index (χ4v) is 0.805. The van der Waals surface area contributed by atoms with Crippen molar-refractivity contribution in [3.63, 3.8) is 0 Å². The first-order valence-corrected chi connectivity index (χ1v) is 3.34. The van der Waals surface area contributed by atoms with Gasteiger partial charge in [-0.15, -0.1) is 0 Å². The van der Waals surface area contributed by atoms with E-state index in [1.165, 1.54) is 13.2 Å². The average molecular weight is 155 g/mol. The number of hydrogen-bond acceptors (Lipinski definition) is 2. The minimum absolute atomic E-state index is 0.228. The van der Waals surface area contributed by atoms with E-state index in [1.54, 1.807) is 13.1 Å². The van der Waals surface area contributed by atoms with Crippen molar-refractivity contribution in [2.75, 3.05) is 7.11 Å². The number of nitrogens with zero attached hydrogens (tertiary/aromatic N) is 1. The monoisotopic (exact) mass is 155 g/mol. The molecule has 0 unspecified atom stereocenters. The summed E-state index contributed by atoms with van der Waals surface area (Å²) in [6.45, 7) is 2.03. The molecule has 0 aliphatic rings. The minimum Gasteiger partial charge on any atom is -0.378 e. The van der Waals surface area contributed by atoms with Gasteiger partial charge in [-0.2, -0.15) is 0 Å². The fourth-order valence-electron chi connectivity index (χ4n) is 0.805. The molecule has 0 spiro atoms. The van der Waals surface area contributed by atoms with E-state index in [4.69, 9.17) is 4.74 Å². The summed E-state index contributed by atoms with van der Waals surface area (Å²) in [5, 5.41) is 0. The van der Waals surface area contributed by atoms with Crippen molar-refractivity contribution in [2.45, 2.75) is 13.5 Å². The molecule has 0 aliphatic heterocycles. The highest BCUT2D eigenvalue weighted by atomic mass is 19.1. The van der Waals surface area contributed by atoms with Crippen LogP contribution in [0.2, 0.25) is 0 Å². The highest BCUT2D eigenvalue weighted by molar-refractivity contribution is 5.13. The van der Waals surface area contributed by atoms with E-state index < -0.39 is 0 Å². The van der Waals surface area contributed by atoms with Crippen LogP contribution < -0.4 is 0 Å². The van der Waals surface area contributed by atoms with Gasteiger partial charge in [-0.3, -0.25) is 4.98 Å². The molecule has 0 amide bonds. The van der Waals surface area contributed by atoms with Gasteiger partial charge in [0.15, 0.2) is 0 Å². The summed E-state index contributed by atoms with van der Waals surface area (Å²) < 4.78 is 17.6. The number of ether oxygens (including phenoxy) is 1. The van der Waals surface area contributed by atoms with E-state index in [2.05, 4.69) is 4.98 Å². The molecular weight excluding hydrogens is 145 g/mol. The van der Waals surface area contributed by atoms with Crippen molar-refractivity contribution in [1.82, 2.24) is 4.98 Å². The minimum atomic E-state index is -0.299. The van der Waals surface area contributed by atoms with Crippen LogP contribution in [-0.4, -0.2) is 12.1 Å². The Morgan fingerprint density at radius 2 is 2.36 bits per heavy atom. The Bertz CT molecular complexity index is 250. The Morgan fingerprint density at radius 3 is 2.91 bits per heavy atom. The summed E-state index contributed by atoms with van der Waals surface area (Å²) >= 11 is 0.